The molecule has 1 fully saturated rings. The molecule has 0 bridgehead atoms. The minimum atomic E-state index is -0.519. The van der Waals surface area contributed by atoms with Crippen molar-refractivity contribution in [2.45, 2.75) is 38.0 Å². The Balaban J connectivity index is 1.54. The van der Waals surface area contributed by atoms with Crippen LogP contribution in [-0.4, -0.2) is 11.8 Å². The first-order valence-corrected chi connectivity index (χ1v) is 11.1. The highest BCUT2D eigenvalue weighted by atomic mass is 19.1. The number of halogens is 1. The molecule has 0 aromatic heterocycles. The molecule has 0 unspecified atom stereocenters. The highest BCUT2D eigenvalue weighted by Crippen LogP contribution is 2.29. The van der Waals surface area contributed by atoms with Crippen molar-refractivity contribution in [3.8, 4) is 0 Å². The fraction of sp³-hybridized carbons (Fsp3) is 0.259. The Morgan fingerprint density at radius 1 is 0.781 bits per heavy atom. The highest BCUT2D eigenvalue weighted by Gasteiger charge is 2.24. The molecule has 2 N–H and O–H groups in total. The second kappa shape index (κ2) is 10.2. The van der Waals surface area contributed by atoms with E-state index in [1.54, 1.807) is 0 Å². The number of rotatable bonds is 6. The van der Waals surface area contributed by atoms with E-state index in [0.717, 1.165) is 43.2 Å². The third-order valence-corrected chi connectivity index (χ3v) is 6.00. The van der Waals surface area contributed by atoms with Gasteiger partial charge < -0.3 is 10.6 Å². The third kappa shape index (κ3) is 5.22. The second-order valence-electron chi connectivity index (χ2n) is 8.26. The third-order valence-electron chi connectivity index (χ3n) is 6.00. The van der Waals surface area contributed by atoms with Gasteiger partial charge >= 0.3 is 0 Å². The molecule has 1 saturated carbocycles. The molecule has 3 aromatic carbocycles. The largest absolute Gasteiger partial charge is 0.325 e. The number of anilines is 2. The highest BCUT2D eigenvalue weighted by molar-refractivity contribution is 5.99. The van der Waals surface area contributed by atoms with Gasteiger partial charge in [-0.25, -0.2) is 4.39 Å². The zero-order valence-electron chi connectivity index (χ0n) is 17.9. The molecular weight excluding hydrogens is 403 g/mol. The van der Waals surface area contributed by atoms with Crippen molar-refractivity contribution in [3.05, 3.63) is 95.8 Å². The minimum absolute atomic E-state index is 0.0815. The summed E-state index contributed by atoms with van der Waals surface area (Å²) in [6, 6.07) is 23.3. The maximum Gasteiger partial charge on any atom is 0.236 e. The summed E-state index contributed by atoms with van der Waals surface area (Å²) in [6.07, 6.45) is 4.86. The van der Waals surface area contributed by atoms with E-state index in [2.05, 4.69) is 10.6 Å². The van der Waals surface area contributed by atoms with Crippen LogP contribution in [0, 0.1) is 11.7 Å². The van der Waals surface area contributed by atoms with E-state index < -0.39 is 11.7 Å². The molecule has 4 rings (SSSR count). The van der Waals surface area contributed by atoms with Crippen LogP contribution in [0.3, 0.4) is 0 Å². The molecule has 32 heavy (non-hydrogen) atoms. The van der Waals surface area contributed by atoms with E-state index in [-0.39, 0.29) is 23.4 Å². The molecule has 0 saturated heterocycles. The van der Waals surface area contributed by atoms with Gasteiger partial charge in [0.1, 0.15) is 5.82 Å². The molecule has 1 aliphatic carbocycles. The number of carbonyl (C=O) groups excluding carboxylic acids is 2. The van der Waals surface area contributed by atoms with Crippen molar-refractivity contribution in [1.82, 2.24) is 0 Å². The second-order valence-corrected chi connectivity index (χ2v) is 8.26. The first-order valence-electron chi connectivity index (χ1n) is 11.1. The Morgan fingerprint density at radius 3 is 1.97 bits per heavy atom. The Hall–Kier alpha value is -3.47. The molecule has 3 aromatic rings. The van der Waals surface area contributed by atoms with Crippen LogP contribution in [0.25, 0.3) is 0 Å². The van der Waals surface area contributed by atoms with Crippen molar-refractivity contribution in [2.24, 2.45) is 5.92 Å². The van der Waals surface area contributed by atoms with Gasteiger partial charge in [0, 0.05) is 11.6 Å². The average Bonchev–Trinajstić information content (AvgIpc) is 2.83. The lowest BCUT2D eigenvalue weighted by Crippen LogP contribution is -2.25. The Labute approximate surface area is 187 Å². The monoisotopic (exact) mass is 430 g/mol. The maximum absolute atomic E-state index is 14.4. The van der Waals surface area contributed by atoms with Crippen LogP contribution in [0.4, 0.5) is 15.8 Å². The molecular formula is C27H27FN2O2. The van der Waals surface area contributed by atoms with Gasteiger partial charge in [0.25, 0.3) is 0 Å². The van der Waals surface area contributed by atoms with Crippen LogP contribution in [0.2, 0.25) is 0 Å². The van der Waals surface area contributed by atoms with E-state index in [1.807, 2.05) is 60.7 Å². The number of benzene rings is 3. The summed E-state index contributed by atoms with van der Waals surface area (Å²) in [7, 11) is 0. The van der Waals surface area contributed by atoms with Gasteiger partial charge in [0.2, 0.25) is 11.8 Å². The zero-order valence-corrected chi connectivity index (χ0v) is 17.9. The average molecular weight is 431 g/mol. The normalized spacial score (nSPS) is 14.2. The van der Waals surface area contributed by atoms with Crippen LogP contribution in [0.5, 0.6) is 0 Å². The van der Waals surface area contributed by atoms with Gasteiger partial charge in [-0.15, -0.1) is 0 Å². The van der Waals surface area contributed by atoms with Gasteiger partial charge in [0.15, 0.2) is 0 Å². The summed E-state index contributed by atoms with van der Waals surface area (Å²) in [5.41, 5.74) is 2.26. The quantitative estimate of drug-likeness (QED) is 0.495. The number of amides is 2. The molecule has 164 valence electrons. The molecule has 4 nitrogen and oxygen atoms in total. The van der Waals surface area contributed by atoms with Crippen molar-refractivity contribution in [2.75, 3.05) is 10.6 Å². The molecule has 0 heterocycles. The summed E-state index contributed by atoms with van der Waals surface area (Å²) in [4.78, 5) is 25.9. The fourth-order valence-electron chi connectivity index (χ4n) is 4.30. The van der Waals surface area contributed by atoms with Crippen LogP contribution < -0.4 is 10.6 Å². The number of carbonyl (C=O) groups is 2. The molecule has 2 amide bonds. The Morgan fingerprint density at radius 2 is 1.38 bits per heavy atom. The van der Waals surface area contributed by atoms with Gasteiger partial charge in [-0.1, -0.05) is 79.9 Å². The zero-order chi connectivity index (χ0) is 22.3. The Bertz CT molecular complexity index is 1020. The lowest BCUT2D eigenvalue weighted by molar-refractivity contribution is -0.120. The number of hydrogen-bond acceptors (Lipinski definition) is 2. The van der Waals surface area contributed by atoms with Gasteiger partial charge in [0.05, 0.1) is 11.6 Å². The predicted octanol–water partition coefficient (Wildman–Crippen LogP) is 6.12. The molecule has 1 aliphatic rings. The summed E-state index contributed by atoms with van der Waals surface area (Å²) in [6.45, 7) is 0. The van der Waals surface area contributed by atoms with Gasteiger partial charge in [-0.2, -0.15) is 0 Å². The lowest BCUT2D eigenvalue weighted by atomic mass is 9.88. The summed E-state index contributed by atoms with van der Waals surface area (Å²) >= 11 is 0. The molecule has 0 spiro atoms. The Kier molecular flexibility index (Phi) is 6.95. The van der Waals surface area contributed by atoms with E-state index >= 15 is 0 Å². The molecule has 0 radical (unpaired) electrons. The van der Waals surface area contributed by atoms with Crippen molar-refractivity contribution < 1.29 is 14.0 Å². The van der Waals surface area contributed by atoms with Gasteiger partial charge in [-0.3, -0.25) is 9.59 Å². The van der Waals surface area contributed by atoms with Gasteiger partial charge in [-0.05, 0) is 42.2 Å². The van der Waals surface area contributed by atoms with E-state index in [9.17, 15) is 14.0 Å². The van der Waals surface area contributed by atoms with Crippen molar-refractivity contribution >= 4 is 23.2 Å². The first-order chi connectivity index (χ1) is 15.6. The molecule has 0 aliphatic heterocycles. The summed E-state index contributed by atoms with van der Waals surface area (Å²) in [5, 5.41) is 5.62. The maximum atomic E-state index is 14.4. The summed E-state index contributed by atoms with van der Waals surface area (Å²) < 4.78 is 14.4. The van der Waals surface area contributed by atoms with Crippen LogP contribution in [0.15, 0.2) is 78.9 Å². The first kappa shape index (κ1) is 21.8. The molecule has 5 heteroatoms. The topological polar surface area (TPSA) is 58.2 Å². The predicted molar refractivity (Wildman–Crippen MR) is 125 cm³/mol. The SMILES string of the molecule is O=C(Nc1cc(NC(=O)C(c2ccccc2)c2ccccc2)ccc1F)C1CCCCC1. The fourth-order valence-corrected chi connectivity index (χ4v) is 4.30. The van der Waals surface area contributed by atoms with Crippen LogP contribution in [-0.2, 0) is 9.59 Å². The lowest BCUT2D eigenvalue weighted by Gasteiger charge is -2.21. The standard InChI is InChI=1S/C27H27FN2O2/c28-23-17-16-22(18-24(23)30-26(31)21-14-8-3-9-15-21)29-27(32)25(19-10-4-1-5-11-19)20-12-6-2-7-13-20/h1-2,4-7,10-13,16-18,21,25H,3,8-9,14-15H2,(H,29,32)(H,30,31). The summed E-state index contributed by atoms with van der Waals surface area (Å²) in [5.74, 6) is -1.49. The molecule has 0 atom stereocenters. The number of hydrogen-bond donors (Lipinski definition) is 2. The van der Waals surface area contributed by atoms with E-state index in [0.29, 0.717) is 5.69 Å². The van der Waals surface area contributed by atoms with E-state index in [4.69, 9.17) is 0 Å². The van der Waals surface area contributed by atoms with Crippen LogP contribution in [0.1, 0.15) is 49.1 Å². The van der Waals surface area contributed by atoms with Crippen LogP contribution >= 0.6 is 0 Å². The van der Waals surface area contributed by atoms with E-state index in [1.165, 1.54) is 18.2 Å². The van der Waals surface area contributed by atoms with Crippen molar-refractivity contribution in [1.29, 1.82) is 0 Å². The smallest absolute Gasteiger partial charge is 0.236 e. The van der Waals surface area contributed by atoms with Crippen molar-refractivity contribution in [3.63, 3.8) is 0 Å². The number of nitrogens with one attached hydrogen (secondary N) is 2. The minimum Gasteiger partial charge on any atom is -0.325 e.